The highest BCUT2D eigenvalue weighted by atomic mass is 16.5. The van der Waals surface area contributed by atoms with E-state index >= 15 is 0 Å². The van der Waals surface area contributed by atoms with Crippen molar-refractivity contribution in [3.8, 4) is 5.75 Å². The average molecular weight is 205 g/mol. The summed E-state index contributed by atoms with van der Waals surface area (Å²) in [7, 11) is 0. The van der Waals surface area contributed by atoms with Gasteiger partial charge in [0.2, 0.25) is 0 Å². The summed E-state index contributed by atoms with van der Waals surface area (Å²) in [6, 6.07) is 8.99. The van der Waals surface area contributed by atoms with Gasteiger partial charge in [-0.1, -0.05) is 19.1 Å². The zero-order valence-electron chi connectivity index (χ0n) is 9.49. The van der Waals surface area contributed by atoms with E-state index in [4.69, 9.17) is 4.74 Å². The Hall–Kier alpha value is -1.02. The van der Waals surface area contributed by atoms with E-state index in [1.807, 2.05) is 6.92 Å². The molecule has 0 radical (unpaired) electrons. The number of hydrogen-bond donors (Lipinski definition) is 1. The minimum Gasteiger partial charge on any atom is -0.494 e. The van der Waals surface area contributed by atoms with Gasteiger partial charge in [-0.05, 0) is 43.5 Å². The fourth-order valence-electron chi connectivity index (χ4n) is 2.22. The Balaban J connectivity index is 2.09. The van der Waals surface area contributed by atoms with Gasteiger partial charge in [-0.25, -0.2) is 0 Å². The van der Waals surface area contributed by atoms with Crippen LogP contribution in [0.4, 0.5) is 0 Å². The van der Waals surface area contributed by atoms with E-state index in [9.17, 15) is 0 Å². The van der Waals surface area contributed by atoms with E-state index in [2.05, 4.69) is 36.5 Å². The zero-order chi connectivity index (χ0) is 10.7. The molecule has 0 aliphatic carbocycles. The maximum Gasteiger partial charge on any atom is 0.119 e. The van der Waals surface area contributed by atoms with Crippen LogP contribution in [0.2, 0.25) is 0 Å². The van der Waals surface area contributed by atoms with Crippen molar-refractivity contribution in [3.63, 3.8) is 0 Å². The molecular weight excluding hydrogens is 186 g/mol. The van der Waals surface area contributed by atoms with Gasteiger partial charge in [-0.3, -0.25) is 0 Å². The van der Waals surface area contributed by atoms with Crippen LogP contribution in [0.5, 0.6) is 5.75 Å². The molecule has 0 bridgehead atoms. The molecule has 0 spiro atoms. The maximum atomic E-state index is 5.43. The third-order valence-corrected chi connectivity index (χ3v) is 3.08. The van der Waals surface area contributed by atoms with E-state index in [0.29, 0.717) is 6.04 Å². The lowest BCUT2D eigenvalue weighted by Gasteiger charge is -2.16. The normalized spacial score (nSPS) is 25.5. The summed E-state index contributed by atoms with van der Waals surface area (Å²) in [4.78, 5) is 0. The van der Waals surface area contributed by atoms with Crippen LogP contribution >= 0.6 is 0 Å². The van der Waals surface area contributed by atoms with Gasteiger partial charge in [0.05, 0.1) is 6.61 Å². The first kappa shape index (κ1) is 10.5. The van der Waals surface area contributed by atoms with Gasteiger partial charge in [-0.2, -0.15) is 0 Å². The Kier molecular flexibility index (Phi) is 3.27. The van der Waals surface area contributed by atoms with Gasteiger partial charge in [0.15, 0.2) is 0 Å². The molecule has 1 aromatic rings. The number of benzene rings is 1. The summed E-state index contributed by atoms with van der Waals surface area (Å²) >= 11 is 0. The molecule has 1 aliphatic rings. The third kappa shape index (κ3) is 2.32. The highest BCUT2D eigenvalue weighted by molar-refractivity contribution is 5.29. The molecule has 0 unspecified atom stereocenters. The second kappa shape index (κ2) is 4.67. The molecule has 1 fully saturated rings. The molecular formula is C13H19NO. The highest BCUT2D eigenvalue weighted by Gasteiger charge is 2.23. The third-order valence-electron chi connectivity index (χ3n) is 3.08. The minimum atomic E-state index is 0.528. The lowest BCUT2D eigenvalue weighted by Crippen LogP contribution is -2.16. The Morgan fingerprint density at radius 3 is 2.60 bits per heavy atom. The van der Waals surface area contributed by atoms with Gasteiger partial charge in [0, 0.05) is 6.04 Å². The quantitative estimate of drug-likeness (QED) is 0.819. The SMILES string of the molecule is CCOc1ccc([C@H]2NCC[C@H]2C)cc1. The molecule has 1 aliphatic heterocycles. The molecule has 1 N–H and O–H groups in total. The fraction of sp³-hybridized carbons (Fsp3) is 0.538. The number of nitrogens with one attached hydrogen (secondary N) is 1. The van der Waals surface area contributed by atoms with E-state index in [1.165, 1.54) is 12.0 Å². The van der Waals surface area contributed by atoms with Crippen molar-refractivity contribution in [1.29, 1.82) is 0 Å². The molecule has 0 amide bonds. The number of hydrogen-bond acceptors (Lipinski definition) is 2. The van der Waals surface area contributed by atoms with Crippen LogP contribution in [0, 0.1) is 5.92 Å². The summed E-state index contributed by atoms with van der Waals surface area (Å²) < 4.78 is 5.43. The molecule has 15 heavy (non-hydrogen) atoms. The Morgan fingerprint density at radius 2 is 2.07 bits per heavy atom. The lowest BCUT2D eigenvalue weighted by atomic mass is 9.96. The van der Waals surface area contributed by atoms with Gasteiger partial charge >= 0.3 is 0 Å². The summed E-state index contributed by atoms with van der Waals surface area (Å²) in [5.74, 6) is 1.70. The first-order valence-corrected chi connectivity index (χ1v) is 5.77. The average Bonchev–Trinajstić information content (AvgIpc) is 2.66. The van der Waals surface area contributed by atoms with Crippen LogP contribution in [0.3, 0.4) is 0 Å². The summed E-state index contributed by atoms with van der Waals surface area (Å²) in [5.41, 5.74) is 1.38. The predicted molar refractivity (Wildman–Crippen MR) is 62.1 cm³/mol. The summed E-state index contributed by atoms with van der Waals surface area (Å²) in [6.45, 7) is 6.19. The fourth-order valence-corrected chi connectivity index (χ4v) is 2.22. The van der Waals surface area contributed by atoms with Crippen LogP contribution in [-0.4, -0.2) is 13.2 Å². The molecule has 2 nitrogen and oxygen atoms in total. The molecule has 2 heteroatoms. The molecule has 1 aromatic carbocycles. The molecule has 1 saturated heterocycles. The van der Waals surface area contributed by atoms with Crippen molar-refractivity contribution in [2.24, 2.45) is 5.92 Å². The first-order chi connectivity index (χ1) is 7.31. The van der Waals surface area contributed by atoms with Crippen LogP contribution in [-0.2, 0) is 0 Å². The molecule has 1 heterocycles. The summed E-state index contributed by atoms with van der Waals surface area (Å²) in [5, 5.41) is 3.53. The van der Waals surface area contributed by atoms with Gasteiger partial charge in [0.25, 0.3) is 0 Å². The molecule has 0 aromatic heterocycles. The van der Waals surface area contributed by atoms with Crippen LogP contribution in [0.25, 0.3) is 0 Å². The Labute approximate surface area is 91.6 Å². The van der Waals surface area contributed by atoms with Crippen molar-refractivity contribution in [2.45, 2.75) is 26.3 Å². The van der Waals surface area contributed by atoms with Crippen molar-refractivity contribution in [1.82, 2.24) is 5.32 Å². The second-order valence-corrected chi connectivity index (χ2v) is 4.20. The van der Waals surface area contributed by atoms with Crippen LogP contribution in [0.1, 0.15) is 31.9 Å². The maximum absolute atomic E-state index is 5.43. The van der Waals surface area contributed by atoms with Gasteiger partial charge in [-0.15, -0.1) is 0 Å². The van der Waals surface area contributed by atoms with E-state index in [1.54, 1.807) is 0 Å². The smallest absolute Gasteiger partial charge is 0.119 e. The molecule has 2 rings (SSSR count). The number of rotatable bonds is 3. The van der Waals surface area contributed by atoms with Gasteiger partial charge in [0.1, 0.15) is 5.75 Å². The number of ether oxygens (including phenoxy) is 1. The van der Waals surface area contributed by atoms with E-state index in [-0.39, 0.29) is 0 Å². The largest absolute Gasteiger partial charge is 0.494 e. The van der Waals surface area contributed by atoms with Gasteiger partial charge < -0.3 is 10.1 Å². The van der Waals surface area contributed by atoms with Crippen molar-refractivity contribution < 1.29 is 4.74 Å². The van der Waals surface area contributed by atoms with Crippen molar-refractivity contribution in [3.05, 3.63) is 29.8 Å². The van der Waals surface area contributed by atoms with Crippen LogP contribution < -0.4 is 10.1 Å². The molecule has 0 saturated carbocycles. The topological polar surface area (TPSA) is 21.3 Å². The lowest BCUT2D eigenvalue weighted by molar-refractivity contribution is 0.340. The summed E-state index contributed by atoms with van der Waals surface area (Å²) in [6.07, 6.45) is 1.28. The van der Waals surface area contributed by atoms with E-state index in [0.717, 1.165) is 24.8 Å². The standard InChI is InChI=1S/C13H19NO/c1-3-15-12-6-4-11(5-7-12)13-10(2)8-9-14-13/h4-7,10,13-14H,3,8-9H2,1-2H3/t10-,13+/m1/s1. The second-order valence-electron chi connectivity index (χ2n) is 4.20. The minimum absolute atomic E-state index is 0.528. The predicted octanol–water partition coefficient (Wildman–Crippen LogP) is 2.76. The highest BCUT2D eigenvalue weighted by Crippen LogP contribution is 2.29. The Morgan fingerprint density at radius 1 is 1.33 bits per heavy atom. The zero-order valence-corrected chi connectivity index (χ0v) is 9.49. The van der Waals surface area contributed by atoms with E-state index < -0.39 is 0 Å². The first-order valence-electron chi connectivity index (χ1n) is 5.77. The monoisotopic (exact) mass is 205 g/mol. The Bertz CT molecular complexity index is 307. The van der Waals surface area contributed by atoms with Crippen LogP contribution in [0.15, 0.2) is 24.3 Å². The molecule has 2 atom stereocenters. The molecule has 82 valence electrons. The van der Waals surface area contributed by atoms with Crippen molar-refractivity contribution >= 4 is 0 Å². The van der Waals surface area contributed by atoms with Crippen molar-refractivity contribution in [2.75, 3.05) is 13.2 Å².